The number of nitrogens with one attached hydrogen (secondary N) is 1. The van der Waals surface area contributed by atoms with Crippen molar-refractivity contribution in [2.75, 3.05) is 6.61 Å². The number of esters is 1. The van der Waals surface area contributed by atoms with Gasteiger partial charge < -0.3 is 4.74 Å². The molecule has 1 N–H and O–H groups in total. The molecule has 0 bridgehead atoms. The number of hydrogen-bond donors (Lipinski definition) is 1. The summed E-state index contributed by atoms with van der Waals surface area (Å²) >= 11 is 0. The van der Waals surface area contributed by atoms with Crippen molar-refractivity contribution in [3.05, 3.63) is 55.1 Å². The number of fused-ring (bicyclic) bond motifs is 1. The smallest absolute Gasteiger partial charge is 0.318 e. The van der Waals surface area contributed by atoms with Gasteiger partial charge in [-0.3, -0.25) is 9.59 Å². The second-order valence-corrected chi connectivity index (χ2v) is 6.99. The molecule has 2 aromatic carbocycles. The molecule has 1 amide bonds. The van der Waals surface area contributed by atoms with E-state index in [9.17, 15) is 18.0 Å². The van der Waals surface area contributed by atoms with Crippen LogP contribution in [0.25, 0.3) is 10.8 Å². The highest BCUT2D eigenvalue weighted by molar-refractivity contribution is 7.90. The molecule has 6 nitrogen and oxygen atoms in total. The fraction of sp³-hybridized carbons (Fsp3) is 0.222. The summed E-state index contributed by atoms with van der Waals surface area (Å²) in [7, 11) is -4.10. The Bertz CT molecular complexity index is 905. The zero-order valence-corrected chi connectivity index (χ0v) is 14.6. The number of hydrogen-bond acceptors (Lipinski definition) is 5. The van der Waals surface area contributed by atoms with Crippen LogP contribution in [0, 0.1) is 5.92 Å². The zero-order chi connectivity index (χ0) is 18.4. The number of ether oxygens (including phenoxy) is 1. The molecule has 0 aliphatic heterocycles. The molecule has 0 saturated heterocycles. The lowest BCUT2D eigenvalue weighted by molar-refractivity contribution is -0.151. The molecule has 1 atom stereocenters. The Kier molecular flexibility index (Phi) is 5.93. The lowest BCUT2D eigenvalue weighted by Crippen LogP contribution is -2.39. The van der Waals surface area contributed by atoms with Crippen molar-refractivity contribution in [1.82, 2.24) is 4.72 Å². The largest absolute Gasteiger partial charge is 0.465 e. The van der Waals surface area contributed by atoms with Crippen LogP contribution in [0.3, 0.4) is 0 Å². The minimum absolute atomic E-state index is 0.0160. The van der Waals surface area contributed by atoms with Crippen molar-refractivity contribution < 1.29 is 22.7 Å². The van der Waals surface area contributed by atoms with Gasteiger partial charge in [-0.2, -0.15) is 0 Å². The molecule has 0 aliphatic carbocycles. The number of carbonyl (C=O) groups excluding carboxylic acids is 2. The van der Waals surface area contributed by atoms with Crippen LogP contribution in [-0.4, -0.2) is 26.9 Å². The molecule has 0 heterocycles. The maximum atomic E-state index is 12.5. The van der Waals surface area contributed by atoms with E-state index in [1.54, 1.807) is 25.1 Å². The van der Waals surface area contributed by atoms with E-state index in [-0.39, 0.29) is 17.9 Å². The summed E-state index contributed by atoms with van der Waals surface area (Å²) in [5.74, 6) is -2.98. The van der Waals surface area contributed by atoms with E-state index in [1.165, 1.54) is 18.2 Å². The Balaban J connectivity index is 2.27. The van der Waals surface area contributed by atoms with Gasteiger partial charge in [0.1, 0.15) is 5.92 Å². The van der Waals surface area contributed by atoms with E-state index in [0.717, 1.165) is 10.8 Å². The van der Waals surface area contributed by atoms with Crippen molar-refractivity contribution in [2.45, 2.75) is 18.2 Å². The number of rotatable bonds is 7. The highest BCUT2D eigenvalue weighted by Crippen LogP contribution is 2.19. The molecule has 132 valence electrons. The lowest BCUT2D eigenvalue weighted by Gasteiger charge is -2.14. The van der Waals surface area contributed by atoms with Gasteiger partial charge in [0.25, 0.3) is 10.0 Å². The maximum Gasteiger partial charge on any atom is 0.318 e. The first-order valence-corrected chi connectivity index (χ1v) is 9.20. The van der Waals surface area contributed by atoms with E-state index in [0.29, 0.717) is 0 Å². The summed E-state index contributed by atoms with van der Waals surface area (Å²) < 4.78 is 31.7. The first-order valence-electron chi connectivity index (χ1n) is 7.72. The van der Waals surface area contributed by atoms with Crippen molar-refractivity contribution in [3.63, 3.8) is 0 Å². The fourth-order valence-corrected chi connectivity index (χ4v) is 3.37. The van der Waals surface area contributed by atoms with Gasteiger partial charge in [0, 0.05) is 0 Å². The van der Waals surface area contributed by atoms with Crippen LogP contribution in [0.15, 0.2) is 60.0 Å². The van der Waals surface area contributed by atoms with Gasteiger partial charge in [-0.15, -0.1) is 6.58 Å². The third-order valence-corrected chi connectivity index (χ3v) is 4.90. The van der Waals surface area contributed by atoms with Gasteiger partial charge in [-0.1, -0.05) is 36.4 Å². The van der Waals surface area contributed by atoms with Gasteiger partial charge >= 0.3 is 5.97 Å². The molecule has 0 spiro atoms. The van der Waals surface area contributed by atoms with Gasteiger partial charge in [-0.05, 0) is 36.2 Å². The van der Waals surface area contributed by atoms with Gasteiger partial charge in [-0.25, -0.2) is 13.1 Å². The average molecular weight is 361 g/mol. The average Bonchev–Trinajstić information content (AvgIpc) is 2.58. The standard InChI is InChI=1S/C18H19NO5S/c1-3-7-16(18(21)24-4-2)17(20)19-25(22,23)15-11-10-13-8-5-6-9-14(13)12-15/h3,5-6,8-12,16H,1,4,7H2,2H3,(H,19,20). The number of amides is 1. The number of sulfonamides is 1. The third kappa shape index (κ3) is 4.45. The summed E-state index contributed by atoms with van der Waals surface area (Å²) in [6, 6.07) is 11.8. The molecule has 0 radical (unpaired) electrons. The van der Waals surface area contributed by atoms with E-state index in [2.05, 4.69) is 6.58 Å². The van der Waals surface area contributed by atoms with Crippen molar-refractivity contribution in [1.29, 1.82) is 0 Å². The Labute approximate surface area is 146 Å². The van der Waals surface area contributed by atoms with Crippen LogP contribution >= 0.6 is 0 Å². The molecule has 2 aromatic rings. The quantitative estimate of drug-likeness (QED) is 0.465. The van der Waals surface area contributed by atoms with Gasteiger partial charge in [0.2, 0.25) is 5.91 Å². The highest BCUT2D eigenvalue weighted by Gasteiger charge is 2.30. The van der Waals surface area contributed by atoms with Crippen LogP contribution in [0.2, 0.25) is 0 Å². The van der Waals surface area contributed by atoms with Crippen LogP contribution in [0.4, 0.5) is 0 Å². The molecule has 2 rings (SSSR count). The predicted molar refractivity (Wildman–Crippen MR) is 94.2 cm³/mol. The summed E-state index contributed by atoms with van der Waals surface area (Å²) in [6.45, 7) is 5.18. The van der Waals surface area contributed by atoms with E-state index in [1.807, 2.05) is 16.9 Å². The molecule has 0 saturated carbocycles. The first-order chi connectivity index (χ1) is 11.9. The van der Waals surface area contributed by atoms with E-state index in [4.69, 9.17) is 4.74 Å². The lowest BCUT2D eigenvalue weighted by atomic mass is 10.1. The topological polar surface area (TPSA) is 89.5 Å². The van der Waals surface area contributed by atoms with E-state index < -0.39 is 27.8 Å². The second-order valence-electron chi connectivity index (χ2n) is 5.31. The summed E-state index contributed by atoms with van der Waals surface area (Å²) in [5.41, 5.74) is 0. The molecular formula is C18H19NO5S. The van der Waals surface area contributed by atoms with E-state index >= 15 is 0 Å². The summed E-state index contributed by atoms with van der Waals surface area (Å²) in [5, 5.41) is 1.61. The van der Waals surface area contributed by atoms with Crippen molar-refractivity contribution in [2.24, 2.45) is 5.92 Å². The zero-order valence-electron chi connectivity index (χ0n) is 13.8. The molecular weight excluding hydrogens is 342 g/mol. The maximum absolute atomic E-state index is 12.5. The normalized spacial score (nSPS) is 12.4. The highest BCUT2D eigenvalue weighted by atomic mass is 32.2. The van der Waals surface area contributed by atoms with Crippen LogP contribution < -0.4 is 4.72 Å². The third-order valence-electron chi connectivity index (χ3n) is 3.56. The molecule has 0 aromatic heterocycles. The number of benzene rings is 2. The second kappa shape index (κ2) is 7.94. The van der Waals surface area contributed by atoms with Crippen LogP contribution in [-0.2, 0) is 24.3 Å². The summed E-state index contributed by atoms with van der Waals surface area (Å²) in [6.07, 6.45) is 1.35. The SMILES string of the molecule is C=CCC(C(=O)NS(=O)(=O)c1ccc2ccccc2c1)C(=O)OCC. The Hall–Kier alpha value is -2.67. The summed E-state index contributed by atoms with van der Waals surface area (Å²) in [4.78, 5) is 24.1. The first kappa shape index (κ1) is 18.7. The number of allylic oxidation sites excluding steroid dienone is 1. The monoisotopic (exact) mass is 361 g/mol. The minimum Gasteiger partial charge on any atom is -0.465 e. The number of carbonyl (C=O) groups is 2. The molecule has 0 fully saturated rings. The molecule has 0 aliphatic rings. The molecule has 7 heteroatoms. The Morgan fingerprint density at radius 3 is 2.52 bits per heavy atom. The van der Waals surface area contributed by atoms with Crippen molar-refractivity contribution >= 4 is 32.7 Å². The Morgan fingerprint density at radius 2 is 1.88 bits per heavy atom. The molecule has 25 heavy (non-hydrogen) atoms. The Morgan fingerprint density at radius 1 is 1.20 bits per heavy atom. The van der Waals surface area contributed by atoms with Gasteiger partial charge in [0.05, 0.1) is 11.5 Å². The predicted octanol–water partition coefficient (Wildman–Crippen LogP) is 2.40. The van der Waals surface area contributed by atoms with Gasteiger partial charge in [0.15, 0.2) is 0 Å². The minimum atomic E-state index is -4.10. The molecule has 1 unspecified atom stereocenters. The van der Waals surface area contributed by atoms with Crippen LogP contribution in [0.1, 0.15) is 13.3 Å². The van der Waals surface area contributed by atoms with Crippen LogP contribution in [0.5, 0.6) is 0 Å². The van der Waals surface area contributed by atoms with Crippen molar-refractivity contribution in [3.8, 4) is 0 Å². The fourth-order valence-electron chi connectivity index (χ4n) is 2.32.